The molecule has 0 aliphatic rings. The molecule has 0 radical (unpaired) electrons. The number of nitriles is 1. The van der Waals surface area contributed by atoms with Crippen molar-refractivity contribution >= 4 is 17.5 Å². The maximum absolute atomic E-state index is 11.7. The van der Waals surface area contributed by atoms with Gasteiger partial charge in [0.15, 0.2) is 0 Å². The number of benzene rings is 1. The highest BCUT2D eigenvalue weighted by molar-refractivity contribution is 6.18. The van der Waals surface area contributed by atoms with Gasteiger partial charge in [0.2, 0.25) is 0 Å². The van der Waals surface area contributed by atoms with E-state index < -0.39 is 0 Å². The van der Waals surface area contributed by atoms with E-state index in [1.807, 2.05) is 6.07 Å². The van der Waals surface area contributed by atoms with Gasteiger partial charge < -0.3 is 4.90 Å². The summed E-state index contributed by atoms with van der Waals surface area (Å²) in [5.74, 6) is 0.332. The number of amides is 1. The molecule has 1 amide bonds. The van der Waals surface area contributed by atoms with Gasteiger partial charge in [-0.05, 0) is 24.3 Å². The molecular weight excluding hydrogens is 212 g/mol. The van der Waals surface area contributed by atoms with Crippen LogP contribution in [0.2, 0.25) is 0 Å². The molecule has 15 heavy (non-hydrogen) atoms. The Hall–Kier alpha value is -1.53. The normalized spacial score (nSPS) is 9.40. The van der Waals surface area contributed by atoms with Crippen LogP contribution in [0.15, 0.2) is 24.3 Å². The molecular formula is C11H11ClN2O. The van der Waals surface area contributed by atoms with E-state index in [1.54, 1.807) is 36.2 Å². The zero-order valence-corrected chi connectivity index (χ0v) is 9.16. The lowest BCUT2D eigenvalue weighted by molar-refractivity contribution is 0.0803. The molecule has 0 fully saturated rings. The number of halogens is 1. The SMILES string of the molecule is CN(CCCl)C(=O)c1ccc(C#N)cc1. The second-order valence-corrected chi connectivity index (χ2v) is 3.48. The van der Waals surface area contributed by atoms with Gasteiger partial charge in [-0.1, -0.05) is 0 Å². The Bertz CT molecular complexity index is 381. The van der Waals surface area contributed by atoms with E-state index in [2.05, 4.69) is 0 Å². The first-order valence-electron chi connectivity index (χ1n) is 4.50. The summed E-state index contributed by atoms with van der Waals surface area (Å²) in [6, 6.07) is 8.54. The van der Waals surface area contributed by atoms with Crippen molar-refractivity contribution in [2.45, 2.75) is 0 Å². The molecule has 0 aromatic heterocycles. The van der Waals surface area contributed by atoms with Crippen molar-refractivity contribution in [3.05, 3.63) is 35.4 Å². The topological polar surface area (TPSA) is 44.1 Å². The fraction of sp³-hybridized carbons (Fsp3) is 0.273. The zero-order valence-electron chi connectivity index (χ0n) is 8.40. The zero-order chi connectivity index (χ0) is 11.3. The van der Waals surface area contributed by atoms with Gasteiger partial charge >= 0.3 is 0 Å². The Labute approximate surface area is 93.9 Å². The largest absolute Gasteiger partial charge is 0.341 e. The maximum Gasteiger partial charge on any atom is 0.253 e. The second-order valence-electron chi connectivity index (χ2n) is 3.10. The average molecular weight is 223 g/mol. The van der Waals surface area contributed by atoms with Crippen molar-refractivity contribution in [2.75, 3.05) is 19.5 Å². The smallest absolute Gasteiger partial charge is 0.253 e. The first-order chi connectivity index (χ1) is 7.19. The highest BCUT2D eigenvalue weighted by atomic mass is 35.5. The molecule has 4 heteroatoms. The van der Waals surface area contributed by atoms with Crippen LogP contribution in [-0.4, -0.2) is 30.3 Å². The van der Waals surface area contributed by atoms with Crippen molar-refractivity contribution in [2.24, 2.45) is 0 Å². The van der Waals surface area contributed by atoms with E-state index in [-0.39, 0.29) is 5.91 Å². The van der Waals surface area contributed by atoms with E-state index in [0.717, 1.165) is 0 Å². The highest BCUT2D eigenvalue weighted by Crippen LogP contribution is 2.06. The average Bonchev–Trinajstić information content (AvgIpc) is 2.28. The van der Waals surface area contributed by atoms with Gasteiger partial charge in [-0.25, -0.2) is 0 Å². The van der Waals surface area contributed by atoms with Crippen molar-refractivity contribution in [3.8, 4) is 6.07 Å². The van der Waals surface area contributed by atoms with Crippen molar-refractivity contribution in [3.63, 3.8) is 0 Å². The molecule has 1 aromatic carbocycles. The Morgan fingerprint density at radius 1 is 1.47 bits per heavy atom. The molecule has 0 atom stereocenters. The van der Waals surface area contributed by atoms with Gasteiger partial charge in [0, 0.05) is 25.0 Å². The van der Waals surface area contributed by atoms with Crippen LogP contribution in [-0.2, 0) is 0 Å². The number of rotatable bonds is 3. The summed E-state index contributed by atoms with van der Waals surface area (Å²) in [6.07, 6.45) is 0. The third-order valence-corrected chi connectivity index (χ3v) is 2.20. The van der Waals surface area contributed by atoms with E-state index in [0.29, 0.717) is 23.6 Å². The number of carbonyl (C=O) groups is 1. The third kappa shape index (κ3) is 2.97. The Kier molecular flexibility index (Phi) is 4.14. The molecule has 0 bridgehead atoms. The summed E-state index contributed by atoms with van der Waals surface area (Å²) in [7, 11) is 1.70. The number of alkyl halides is 1. The van der Waals surface area contributed by atoms with Crippen LogP contribution < -0.4 is 0 Å². The molecule has 0 heterocycles. The van der Waals surface area contributed by atoms with Crippen LogP contribution >= 0.6 is 11.6 Å². The third-order valence-electron chi connectivity index (χ3n) is 2.03. The molecule has 0 saturated carbocycles. The number of hydrogen-bond acceptors (Lipinski definition) is 2. The fourth-order valence-corrected chi connectivity index (χ4v) is 1.39. The molecule has 1 aromatic rings. The summed E-state index contributed by atoms with van der Waals surface area (Å²) in [4.78, 5) is 13.3. The van der Waals surface area contributed by atoms with Crippen molar-refractivity contribution < 1.29 is 4.79 Å². The highest BCUT2D eigenvalue weighted by Gasteiger charge is 2.10. The summed E-state index contributed by atoms with van der Waals surface area (Å²) in [6.45, 7) is 0.514. The fourth-order valence-electron chi connectivity index (χ4n) is 1.14. The van der Waals surface area contributed by atoms with Gasteiger partial charge in [0.1, 0.15) is 0 Å². The summed E-state index contributed by atoms with van der Waals surface area (Å²) >= 11 is 5.54. The Morgan fingerprint density at radius 3 is 2.53 bits per heavy atom. The van der Waals surface area contributed by atoms with Crippen LogP contribution in [0.3, 0.4) is 0 Å². The van der Waals surface area contributed by atoms with Gasteiger partial charge in [0.05, 0.1) is 11.6 Å². The number of hydrogen-bond donors (Lipinski definition) is 0. The molecule has 0 N–H and O–H groups in total. The monoisotopic (exact) mass is 222 g/mol. The number of nitrogens with zero attached hydrogens (tertiary/aromatic N) is 2. The molecule has 0 aliphatic carbocycles. The van der Waals surface area contributed by atoms with E-state index in [9.17, 15) is 4.79 Å². The lowest BCUT2D eigenvalue weighted by Crippen LogP contribution is -2.28. The number of carbonyl (C=O) groups excluding carboxylic acids is 1. The maximum atomic E-state index is 11.7. The van der Waals surface area contributed by atoms with Crippen LogP contribution in [0.25, 0.3) is 0 Å². The van der Waals surface area contributed by atoms with Crippen molar-refractivity contribution in [1.82, 2.24) is 4.90 Å². The molecule has 0 saturated heterocycles. The van der Waals surface area contributed by atoms with Crippen LogP contribution in [0.1, 0.15) is 15.9 Å². The molecule has 78 valence electrons. The van der Waals surface area contributed by atoms with Gasteiger partial charge in [0.25, 0.3) is 5.91 Å². The summed E-state index contributed by atoms with van der Waals surface area (Å²) < 4.78 is 0. The van der Waals surface area contributed by atoms with Gasteiger partial charge in [-0.3, -0.25) is 4.79 Å². The van der Waals surface area contributed by atoms with E-state index >= 15 is 0 Å². The van der Waals surface area contributed by atoms with Crippen molar-refractivity contribution in [1.29, 1.82) is 5.26 Å². The molecule has 0 unspecified atom stereocenters. The quantitative estimate of drug-likeness (QED) is 0.733. The summed E-state index contributed by atoms with van der Waals surface area (Å²) in [5.41, 5.74) is 1.12. The van der Waals surface area contributed by atoms with Crippen LogP contribution in [0.4, 0.5) is 0 Å². The standard InChI is InChI=1S/C11H11ClN2O/c1-14(7-6-12)11(15)10-4-2-9(8-13)3-5-10/h2-5H,6-7H2,1H3. The van der Waals surface area contributed by atoms with Gasteiger partial charge in [-0.15, -0.1) is 11.6 Å². The second kappa shape index (κ2) is 5.38. The minimum absolute atomic E-state index is 0.0832. The molecule has 3 nitrogen and oxygen atoms in total. The predicted molar refractivity (Wildman–Crippen MR) is 58.8 cm³/mol. The summed E-state index contributed by atoms with van der Waals surface area (Å²) in [5, 5.41) is 8.60. The van der Waals surface area contributed by atoms with E-state index in [1.165, 1.54) is 0 Å². The minimum Gasteiger partial charge on any atom is -0.341 e. The molecule has 0 spiro atoms. The minimum atomic E-state index is -0.0832. The molecule has 1 rings (SSSR count). The predicted octanol–water partition coefficient (Wildman–Crippen LogP) is 1.87. The van der Waals surface area contributed by atoms with Crippen LogP contribution in [0.5, 0.6) is 0 Å². The van der Waals surface area contributed by atoms with Crippen LogP contribution in [0, 0.1) is 11.3 Å². The molecule has 0 aliphatic heterocycles. The Morgan fingerprint density at radius 2 is 2.07 bits per heavy atom. The van der Waals surface area contributed by atoms with E-state index in [4.69, 9.17) is 16.9 Å². The Balaban J connectivity index is 2.79. The first kappa shape index (κ1) is 11.5. The van der Waals surface area contributed by atoms with Gasteiger partial charge in [-0.2, -0.15) is 5.26 Å². The lowest BCUT2D eigenvalue weighted by Gasteiger charge is -2.15. The first-order valence-corrected chi connectivity index (χ1v) is 5.04. The lowest BCUT2D eigenvalue weighted by atomic mass is 10.1.